The van der Waals surface area contributed by atoms with Crippen LogP contribution in [0.2, 0.25) is 0 Å². The Morgan fingerprint density at radius 2 is 2.21 bits per heavy atom. The van der Waals surface area contributed by atoms with E-state index in [1.165, 1.54) is 6.20 Å². The second-order valence-corrected chi connectivity index (χ2v) is 3.71. The van der Waals surface area contributed by atoms with Crippen LogP contribution in [0.1, 0.15) is 12.8 Å². The lowest BCUT2D eigenvalue weighted by Crippen LogP contribution is -1.83. The maximum absolute atomic E-state index is 9.74. The lowest BCUT2D eigenvalue weighted by atomic mass is 10.2. The zero-order chi connectivity index (χ0) is 13.7. The summed E-state index contributed by atoms with van der Waals surface area (Å²) >= 11 is 0. The highest BCUT2D eigenvalue weighted by atomic mass is 16.5. The first-order valence-electron chi connectivity index (χ1n) is 5.67. The molecule has 0 aliphatic heterocycles. The lowest BCUT2D eigenvalue weighted by Gasteiger charge is -1.96. The van der Waals surface area contributed by atoms with Gasteiger partial charge in [-0.2, -0.15) is 4.98 Å². The Balaban J connectivity index is 2.41. The summed E-state index contributed by atoms with van der Waals surface area (Å²) in [6.45, 7) is 5.27. The third-order valence-corrected chi connectivity index (χ3v) is 2.39. The molecule has 0 saturated heterocycles. The molecule has 1 aromatic heterocycles. The number of hydrogen-bond acceptors (Lipinski definition) is 5. The van der Waals surface area contributed by atoms with Crippen LogP contribution in [0.25, 0.3) is 17.0 Å². The summed E-state index contributed by atoms with van der Waals surface area (Å²) in [5, 5.41) is 13.6. The minimum atomic E-state index is 0.105. The van der Waals surface area contributed by atoms with Crippen molar-refractivity contribution in [2.75, 3.05) is 0 Å². The number of allylic oxidation sites excluding steroid dienone is 3. The van der Waals surface area contributed by atoms with Crippen molar-refractivity contribution < 1.29 is 9.63 Å². The summed E-state index contributed by atoms with van der Waals surface area (Å²) in [7, 11) is 0. The van der Waals surface area contributed by atoms with Crippen molar-refractivity contribution in [3.05, 3.63) is 48.5 Å². The fourth-order valence-electron chi connectivity index (χ4n) is 1.56. The van der Waals surface area contributed by atoms with Gasteiger partial charge in [0.05, 0.1) is 11.1 Å². The zero-order valence-corrected chi connectivity index (χ0v) is 10.4. The van der Waals surface area contributed by atoms with Crippen molar-refractivity contribution in [1.29, 1.82) is 0 Å². The Bertz CT molecular complexity index is 642. The van der Waals surface area contributed by atoms with Crippen molar-refractivity contribution in [2.45, 2.75) is 6.92 Å². The second-order valence-electron chi connectivity index (χ2n) is 3.71. The monoisotopic (exact) mass is 255 g/mol. The number of para-hydroxylation sites is 1. The lowest BCUT2D eigenvalue weighted by molar-refractivity contribution is 0.408. The van der Waals surface area contributed by atoms with Gasteiger partial charge in [0.15, 0.2) is 0 Å². The average molecular weight is 255 g/mol. The third-order valence-electron chi connectivity index (χ3n) is 2.39. The Hall–Kier alpha value is -2.69. The van der Waals surface area contributed by atoms with Crippen molar-refractivity contribution in [1.82, 2.24) is 10.1 Å². The van der Waals surface area contributed by atoms with E-state index in [0.29, 0.717) is 22.9 Å². The first-order valence-corrected chi connectivity index (χ1v) is 5.67. The van der Waals surface area contributed by atoms with E-state index in [4.69, 9.17) is 4.52 Å². The number of aromatic nitrogens is 2. The molecule has 1 aromatic carbocycles. The van der Waals surface area contributed by atoms with Crippen LogP contribution in [-0.2, 0) is 0 Å². The molecule has 19 heavy (non-hydrogen) atoms. The van der Waals surface area contributed by atoms with Gasteiger partial charge < -0.3 is 9.63 Å². The van der Waals surface area contributed by atoms with Crippen LogP contribution in [0, 0.1) is 0 Å². The Labute approximate surface area is 110 Å². The standard InChI is InChI=1S/C14H13N3O2/c1-3-6-10(9-15-2)14-16-13(17-19-14)11-7-4-5-8-12(11)18/h3-9,18H,2H2,1H3/b6-3-,10-9+. The van der Waals surface area contributed by atoms with Gasteiger partial charge in [-0.3, -0.25) is 4.99 Å². The summed E-state index contributed by atoms with van der Waals surface area (Å²) < 4.78 is 5.16. The first-order chi connectivity index (χ1) is 9.26. The molecule has 1 heterocycles. The van der Waals surface area contributed by atoms with Gasteiger partial charge in [0.2, 0.25) is 5.82 Å². The van der Waals surface area contributed by atoms with Crippen molar-refractivity contribution in [3.63, 3.8) is 0 Å². The number of phenolic OH excluding ortho intramolecular Hbond substituents is 1. The van der Waals surface area contributed by atoms with Gasteiger partial charge in [-0.05, 0) is 25.8 Å². The molecule has 0 radical (unpaired) electrons. The maximum Gasteiger partial charge on any atom is 0.259 e. The summed E-state index contributed by atoms with van der Waals surface area (Å²) in [6.07, 6.45) is 5.15. The molecule has 1 N–H and O–H groups in total. The number of rotatable bonds is 4. The van der Waals surface area contributed by atoms with E-state index in [9.17, 15) is 5.11 Å². The van der Waals surface area contributed by atoms with E-state index >= 15 is 0 Å². The molecule has 0 amide bonds. The van der Waals surface area contributed by atoms with E-state index in [1.807, 2.05) is 13.0 Å². The van der Waals surface area contributed by atoms with Crippen LogP contribution in [0.5, 0.6) is 5.75 Å². The Morgan fingerprint density at radius 1 is 1.42 bits per heavy atom. The fraction of sp³-hybridized carbons (Fsp3) is 0.0714. The summed E-state index contributed by atoms with van der Waals surface area (Å²) in [6, 6.07) is 6.81. The van der Waals surface area contributed by atoms with Crippen molar-refractivity contribution in [3.8, 4) is 17.1 Å². The molecular formula is C14H13N3O2. The number of nitrogens with zero attached hydrogens (tertiary/aromatic N) is 3. The van der Waals surface area contributed by atoms with Crippen LogP contribution in [-0.4, -0.2) is 22.0 Å². The highest BCUT2D eigenvalue weighted by Crippen LogP contribution is 2.27. The summed E-state index contributed by atoms with van der Waals surface area (Å²) in [5.74, 6) is 0.754. The van der Waals surface area contributed by atoms with E-state index in [2.05, 4.69) is 21.9 Å². The van der Waals surface area contributed by atoms with Crippen LogP contribution in [0.15, 0.2) is 52.1 Å². The fourth-order valence-corrected chi connectivity index (χ4v) is 1.56. The quantitative estimate of drug-likeness (QED) is 0.673. The molecule has 0 saturated carbocycles. The highest BCUT2D eigenvalue weighted by Gasteiger charge is 2.13. The number of aromatic hydroxyl groups is 1. The SMILES string of the molecule is C=N/C=C(\C=C/C)c1nc(-c2ccccc2O)no1. The second kappa shape index (κ2) is 5.77. The molecular weight excluding hydrogens is 242 g/mol. The molecule has 0 bridgehead atoms. The number of aliphatic imine (C=N–C) groups is 1. The molecule has 0 unspecified atom stereocenters. The maximum atomic E-state index is 9.74. The minimum absolute atomic E-state index is 0.105. The summed E-state index contributed by atoms with van der Waals surface area (Å²) in [4.78, 5) is 7.92. The van der Waals surface area contributed by atoms with E-state index in [1.54, 1.807) is 30.3 Å². The zero-order valence-electron chi connectivity index (χ0n) is 10.4. The molecule has 0 aliphatic rings. The van der Waals surface area contributed by atoms with Gasteiger partial charge in [0, 0.05) is 6.20 Å². The molecule has 2 aromatic rings. The third kappa shape index (κ3) is 2.77. The number of hydrogen-bond donors (Lipinski definition) is 1. The smallest absolute Gasteiger partial charge is 0.259 e. The van der Waals surface area contributed by atoms with E-state index in [0.717, 1.165) is 0 Å². The largest absolute Gasteiger partial charge is 0.507 e. The van der Waals surface area contributed by atoms with Gasteiger partial charge in [-0.15, -0.1) is 0 Å². The van der Waals surface area contributed by atoms with Crippen molar-refractivity contribution >= 4 is 12.3 Å². The molecule has 0 aliphatic carbocycles. The van der Waals surface area contributed by atoms with Crippen LogP contribution < -0.4 is 0 Å². The predicted octanol–water partition coefficient (Wildman–Crippen LogP) is 3.06. The molecule has 0 spiro atoms. The van der Waals surface area contributed by atoms with Gasteiger partial charge in [-0.25, -0.2) is 0 Å². The normalized spacial score (nSPS) is 11.9. The van der Waals surface area contributed by atoms with Gasteiger partial charge in [0.1, 0.15) is 5.75 Å². The number of benzene rings is 1. The van der Waals surface area contributed by atoms with Gasteiger partial charge in [0.25, 0.3) is 5.89 Å². The average Bonchev–Trinajstić information content (AvgIpc) is 2.88. The van der Waals surface area contributed by atoms with Crippen molar-refractivity contribution in [2.24, 2.45) is 4.99 Å². The van der Waals surface area contributed by atoms with Crippen LogP contribution in [0.4, 0.5) is 0 Å². The minimum Gasteiger partial charge on any atom is -0.507 e. The first kappa shape index (κ1) is 12.8. The molecule has 2 rings (SSSR count). The summed E-state index contributed by atoms with van der Waals surface area (Å²) in [5.41, 5.74) is 1.18. The molecule has 96 valence electrons. The van der Waals surface area contributed by atoms with Crippen LogP contribution in [0.3, 0.4) is 0 Å². The molecule has 5 nitrogen and oxygen atoms in total. The number of phenols is 1. The molecule has 0 atom stereocenters. The molecule has 5 heteroatoms. The van der Waals surface area contributed by atoms with Gasteiger partial charge in [-0.1, -0.05) is 29.4 Å². The highest BCUT2D eigenvalue weighted by molar-refractivity contribution is 5.71. The van der Waals surface area contributed by atoms with E-state index in [-0.39, 0.29) is 5.75 Å². The van der Waals surface area contributed by atoms with Gasteiger partial charge >= 0.3 is 0 Å². The van der Waals surface area contributed by atoms with Crippen LogP contribution >= 0.6 is 0 Å². The Kier molecular flexibility index (Phi) is 3.87. The predicted molar refractivity (Wildman–Crippen MR) is 73.7 cm³/mol. The van der Waals surface area contributed by atoms with E-state index < -0.39 is 0 Å². The topological polar surface area (TPSA) is 71.5 Å². The molecule has 0 fully saturated rings. The Morgan fingerprint density at radius 3 is 2.89 bits per heavy atom.